The van der Waals surface area contributed by atoms with E-state index >= 15 is 0 Å². The van der Waals surface area contributed by atoms with Crippen molar-refractivity contribution in [3.05, 3.63) is 73.9 Å². The molecule has 1 aliphatic carbocycles. The van der Waals surface area contributed by atoms with Crippen LogP contribution in [0.15, 0.2) is 62.1 Å². The number of rotatable bonds is 5. The second-order valence-electron chi connectivity index (χ2n) is 8.57. The molecule has 2 N–H and O–H groups in total. The highest BCUT2D eigenvalue weighted by molar-refractivity contribution is 6.32. The Morgan fingerprint density at radius 2 is 2.00 bits per heavy atom. The number of nitrogens with one attached hydrogen (secondary N) is 1. The number of hydrogen-bond donors (Lipinski definition) is 2. The number of ether oxygens (including phenoxy) is 1. The van der Waals surface area contributed by atoms with Crippen molar-refractivity contribution in [2.45, 2.75) is 32.7 Å². The zero-order valence-electron chi connectivity index (χ0n) is 18.8. The van der Waals surface area contributed by atoms with Crippen molar-refractivity contribution in [3.63, 3.8) is 0 Å². The van der Waals surface area contributed by atoms with Gasteiger partial charge >= 0.3 is 5.69 Å². The lowest BCUT2D eigenvalue weighted by Gasteiger charge is -2.25. The molecule has 8 nitrogen and oxygen atoms in total. The molecule has 1 atom stereocenters. The molecule has 0 bridgehead atoms. The van der Waals surface area contributed by atoms with Gasteiger partial charge in [-0.15, -0.1) is 0 Å². The summed E-state index contributed by atoms with van der Waals surface area (Å²) in [4.78, 5) is 30.7. The van der Waals surface area contributed by atoms with Gasteiger partial charge in [0.1, 0.15) is 16.9 Å². The second-order valence-corrected chi connectivity index (χ2v) is 9.01. The summed E-state index contributed by atoms with van der Waals surface area (Å²) in [5.41, 5.74) is -0.440. The summed E-state index contributed by atoms with van der Waals surface area (Å²) in [6, 6.07) is 7.75. The van der Waals surface area contributed by atoms with E-state index < -0.39 is 16.7 Å². The highest BCUT2D eigenvalue weighted by Crippen LogP contribution is 2.38. The first-order chi connectivity index (χ1) is 15.8. The maximum Gasteiger partial charge on any atom is 0.332 e. The molecule has 9 heteroatoms. The topological polar surface area (TPSA) is 97.8 Å². The van der Waals surface area contributed by atoms with E-state index in [1.807, 2.05) is 36.4 Å². The van der Waals surface area contributed by atoms with Crippen molar-refractivity contribution in [2.75, 3.05) is 18.5 Å². The Kier molecular flexibility index (Phi) is 6.32. The van der Waals surface area contributed by atoms with Gasteiger partial charge in [0.25, 0.3) is 5.56 Å². The molecule has 2 aromatic rings. The fourth-order valence-corrected chi connectivity index (χ4v) is 4.20. The van der Waals surface area contributed by atoms with Crippen LogP contribution in [0.4, 0.5) is 11.5 Å². The molecule has 1 spiro atoms. The quantitative estimate of drug-likeness (QED) is 0.699. The fraction of sp³-hybridized carbons (Fsp3) is 0.375. The number of fused-ring (bicyclic) bond motifs is 1. The Morgan fingerprint density at radius 3 is 2.61 bits per heavy atom. The minimum Gasteiger partial charge on any atom is -0.442 e. The summed E-state index contributed by atoms with van der Waals surface area (Å²) in [6.45, 7) is 4.49. The minimum absolute atomic E-state index is 0.114. The van der Waals surface area contributed by atoms with Crippen LogP contribution in [-0.2, 0) is 13.6 Å². The number of aliphatic hydroxyl groups excluding tert-OH is 1. The molecule has 4 rings (SSSR count). The third kappa shape index (κ3) is 4.28. The van der Waals surface area contributed by atoms with Gasteiger partial charge in [-0.05, 0) is 42.2 Å². The zero-order chi connectivity index (χ0) is 23.8. The van der Waals surface area contributed by atoms with Crippen LogP contribution < -0.4 is 21.3 Å². The van der Waals surface area contributed by atoms with Gasteiger partial charge < -0.3 is 15.2 Å². The monoisotopic (exact) mass is 470 g/mol. The number of anilines is 1. The van der Waals surface area contributed by atoms with E-state index in [4.69, 9.17) is 21.4 Å². The molecule has 0 amide bonds. The number of aliphatic hydroxyl groups is 1. The van der Waals surface area contributed by atoms with Crippen LogP contribution >= 0.6 is 11.6 Å². The summed E-state index contributed by atoms with van der Waals surface area (Å²) in [5, 5.41) is 12.8. The third-order valence-corrected chi connectivity index (χ3v) is 6.15. The first-order valence-electron chi connectivity index (χ1n) is 10.9. The molecule has 33 heavy (non-hydrogen) atoms. The molecule has 1 aromatic heterocycles. The van der Waals surface area contributed by atoms with Crippen molar-refractivity contribution in [3.8, 4) is 5.75 Å². The fourth-order valence-electron chi connectivity index (χ4n) is 3.94. The Morgan fingerprint density at radius 1 is 1.27 bits per heavy atom. The van der Waals surface area contributed by atoms with Gasteiger partial charge in [-0.3, -0.25) is 13.9 Å². The van der Waals surface area contributed by atoms with Crippen LogP contribution in [0, 0.1) is 5.41 Å². The first-order valence-corrected chi connectivity index (χ1v) is 11.3. The Labute approximate surface area is 196 Å². The molecule has 1 aromatic carbocycles. The van der Waals surface area contributed by atoms with Crippen molar-refractivity contribution < 1.29 is 9.84 Å². The molecule has 2 aliphatic rings. The Balaban J connectivity index is 1.84. The van der Waals surface area contributed by atoms with E-state index in [2.05, 4.69) is 24.2 Å². The van der Waals surface area contributed by atoms with Crippen LogP contribution in [-0.4, -0.2) is 33.3 Å². The number of nitrogens with zero attached hydrogens (tertiary/aromatic N) is 3. The normalized spacial score (nSPS) is 19.2. The standard InChI is InChI=1S/C24H27ClN4O4/c1-15(2)16-5-7-18(8-6-16)33-22-24(10-9-17(25)13-24)14-26-19-20(27-22)28(3)23(32)29(21(19)31)11-4-12-30/h5-10,13,15,26,30H,4,11-12,14H2,1-3H3. The predicted octanol–water partition coefficient (Wildman–Crippen LogP) is 3.27. The van der Waals surface area contributed by atoms with E-state index in [-0.39, 0.29) is 31.2 Å². The number of allylic oxidation sites excluding steroid dienone is 2. The lowest BCUT2D eigenvalue weighted by Crippen LogP contribution is -2.40. The van der Waals surface area contributed by atoms with E-state index in [0.717, 1.165) is 4.57 Å². The highest BCUT2D eigenvalue weighted by Gasteiger charge is 2.40. The van der Waals surface area contributed by atoms with Gasteiger partial charge in [-0.25, -0.2) is 4.79 Å². The molecule has 0 saturated heterocycles. The molecule has 1 unspecified atom stereocenters. The number of aromatic nitrogens is 2. The van der Waals surface area contributed by atoms with Crippen LogP contribution in [0.1, 0.15) is 31.7 Å². The number of hydrogen-bond acceptors (Lipinski definition) is 6. The average Bonchev–Trinajstić information content (AvgIpc) is 3.10. The molecule has 0 fully saturated rings. The molecule has 174 valence electrons. The molecule has 0 radical (unpaired) electrons. The number of aliphatic imine (C=N–C) groups is 1. The molecule has 0 saturated carbocycles. The van der Waals surface area contributed by atoms with E-state index in [9.17, 15) is 9.59 Å². The highest BCUT2D eigenvalue weighted by atomic mass is 35.5. The van der Waals surface area contributed by atoms with Gasteiger partial charge in [-0.2, -0.15) is 4.99 Å². The smallest absolute Gasteiger partial charge is 0.332 e. The zero-order valence-corrected chi connectivity index (χ0v) is 19.6. The third-order valence-electron chi connectivity index (χ3n) is 5.92. The summed E-state index contributed by atoms with van der Waals surface area (Å²) >= 11 is 6.28. The SMILES string of the molecule is CC(C)c1ccc(OC2=Nc3c(c(=O)n(CCCO)c(=O)n3C)NCC23C=CC(Cl)=C3)cc1. The number of benzene rings is 1. The molecule has 2 heterocycles. The van der Waals surface area contributed by atoms with Crippen LogP contribution in [0.5, 0.6) is 5.75 Å². The summed E-state index contributed by atoms with van der Waals surface area (Å²) in [6.07, 6.45) is 5.75. The van der Waals surface area contributed by atoms with Gasteiger partial charge in [0, 0.05) is 31.8 Å². The van der Waals surface area contributed by atoms with Crippen molar-refractivity contribution in [1.29, 1.82) is 0 Å². The summed E-state index contributed by atoms with van der Waals surface area (Å²) in [5.74, 6) is 1.46. The van der Waals surface area contributed by atoms with Gasteiger partial charge in [0.05, 0.1) is 0 Å². The maximum absolute atomic E-state index is 13.1. The largest absolute Gasteiger partial charge is 0.442 e. The van der Waals surface area contributed by atoms with Crippen molar-refractivity contribution in [2.24, 2.45) is 17.5 Å². The van der Waals surface area contributed by atoms with Crippen LogP contribution in [0.3, 0.4) is 0 Å². The lowest BCUT2D eigenvalue weighted by atomic mass is 9.89. The first kappa shape index (κ1) is 23.1. The van der Waals surface area contributed by atoms with E-state index in [1.54, 1.807) is 13.1 Å². The lowest BCUT2D eigenvalue weighted by molar-refractivity contribution is 0.277. The van der Waals surface area contributed by atoms with Crippen LogP contribution in [0.2, 0.25) is 0 Å². The Bertz CT molecular complexity index is 1270. The van der Waals surface area contributed by atoms with E-state index in [1.165, 1.54) is 10.1 Å². The number of halogens is 1. The Hall–Kier alpha value is -3.10. The maximum atomic E-state index is 13.1. The van der Waals surface area contributed by atoms with Crippen LogP contribution in [0.25, 0.3) is 0 Å². The molecule has 1 aliphatic heterocycles. The van der Waals surface area contributed by atoms with Gasteiger partial charge in [-0.1, -0.05) is 43.7 Å². The summed E-state index contributed by atoms with van der Waals surface area (Å²) in [7, 11) is 1.56. The molecular weight excluding hydrogens is 444 g/mol. The van der Waals surface area contributed by atoms with Crippen molar-refractivity contribution >= 4 is 29.0 Å². The predicted molar refractivity (Wildman–Crippen MR) is 130 cm³/mol. The van der Waals surface area contributed by atoms with Gasteiger partial charge in [0.2, 0.25) is 5.90 Å². The van der Waals surface area contributed by atoms with E-state index in [0.29, 0.717) is 29.0 Å². The van der Waals surface area contributed by atoms with Gasteiger partial charge in [0.15, 0.2) is 5.82 Å². The molecular formula is C24H27ClN4O4. The summed E-state index contributed by atoms with van der Waals surface area (Å²) < 4.78 is 8.66. The average molecular weight is 471 g/mol. The van der Waals surface area contributed by atoms with Crippen molar-refractivity contribution in [1.82, 2.24) is 9.13 Å². The second kappa shape index (κ2) is 9.03. The minimum atomic E-state index is -0.828.